The third kappa shape index (κ3) is 3.95. The molecule has 4 rings (SSSR count). The van der Waals surface area contributed by atoms with E-state index in [0.717, 1.165) is 17.5 Å². The normalized spacial score (nSPS) is 17.2. The van der Waals surface area contributed by atoms with Crippen molar-refractivity contribution < 1.29 is 13.2 Å². The van der Waals surface area contributed by atoms with E-state index < -0.39 is 10.0 Å². The van der Waals surface area contributed by atoms with Crippen LogP contribution in [-0.4, -0.2) is 36.6 Å². The molecule has 1 atom stereocenters. The van der Waals surface area contributed by atoms with E-state index in [1.165, 1.54) is 10.4 Å². The van der Waals surface area contributed by atoms with Gasteiger partial charge in [0.25, 0.3) is 5.91 Å². The van der Waals surface area contributed by atoms with Crippen LogP contribution >= 0.6 is 11.6 Å². The second-order valence-electron chi connectivity index (χ2n) is 7.10. The molecule has 1 unspecified atom stereocenters. The summed E-state index contributed by atoms with van der Waals surface area (Å²) < 4.78 is 26.1. The van der Waals surface area contributed by atoms with Crippen molar-refractivity contribution in [3.63, 3.8) is 0 Å². The van der Waals surface area contributed by atoms with Gasteiger partial charge in [-0.25, -0.2) is 13.4 Å². The highest BCUT2D eigenvalue weighted by atomic mass is 35.5. The first-order chi connectivity index (χ1) is 13.8. The van der Waals surface area contributed by atoms with Crippen LogP contribution in [0.15, 0.2) is 42.5 Å². The Morgan fingerprint density at radius 3 is 2.79 bits per heavy atom. The second kappa shape index (κ2) is 7.68. The number of nitrogens with zero attached hydrogens (tertiary/aromatic N) is 2. The van der Waals surface area contributed by atoms with Gasteiger partial charge in [0.1, 0.15) is 5.82 Å². The lowest BCUT2D eigenvalue weighted by molar-refractivity contribution is 0.0938. The van der Waals surface area contributed by atoms with Crippen molar-refractivity contribution in [3.8, 4) is 0 Å². The first-order valence-electron chi connectivity index (χ1n) is 9.40. The lowest BCUT2D eigenvalue weighted by Gasteiger charge is -2.29. The minimum absolute atomic E-state index is 0.0862. The third-order valence-corrected chi connectivity index (χ3v) is 7.17. The van der Waals surface area contributed by atoms with Crippen molar-refractivity contribution in [3.05, 3.63) is 58.9 Å². The zero-order valence-electron chi connectivity index (χ0n) is 15.9. The number of aromatic nitrogens is 2. The van der Waals surface area contributed by atoms with Crippen LogP contribution in [0.25, 0.3) is 11.0 Å². The maximum absolute atomic E-state index is 12.8. The molecule has 7 nitrogen and oxygen atoms in total. The Morgan fingerprint density at radius 2 is 2.03 bits per heavy atom. The number of benzene rings is 2. The first-order valence-corrected chi connectivity index (χ1v) is 11.4. The van der Waals surface area contributed by atoms with Crippen LogP contribution < -0.4 is 9.62 Å². The number of halogens is 1. The minimum Gasteiger partial charge on any atom is -0.342 e. The van der Waals surface area contributed by atoms with Gasteiger partial charge in [0.2, 0.25) is 10.0 Å². The summed E-state index contributed by atoms with van der Waals surface area (Å²) in [5, 5.41) is 3.20. The standard InChI is InChI=1S/C20H21ClN4O3S/c1-13(19-23-16-6-2-3-7-17(16)24-19)22-20(26)14-8-9-15(21)18(12-14)25-10-4-5-11-29(25,27)28/h2-3,6-9,12-13H,4-5,10-11H2,1H3,(H,22,26)(H,23,24). The largest absolute Gasteiger partial charge is 0.342 e. The monoisotopic (exact) mass is 432 g/mol. The highest BCUT2D eigenvalue weighted by Gasteiger charge is 2.28. The molecule has 1 aliphatic rings. The van der Waals surface area contributed by atoms with Crippen LogP contribution in [0.3, 0.4) is 0 Å². The Labute approximate surface area is 174 Å². The predicted molar refractivity (Wildman–Crippen MR) is 114 cm³/mol. The number of carbonyl (C=O) groups is 1. The highest BCUT2D eigenvalue weighted by Crippen LogP contribution is 2.31. The maximum Gasteiger partial charge on any atom is 0.251 e. The molecule has 0 aliphatic carbocycles. The Balaban J connectivity index is 1.57. The van der Waals surface area contributed by atoms with Crippen molar-refractivity contribution in [1.29, 1.82) is 0 Å². The van der Waals surface area contributed by atoms with Crippen molar-refractivity contribution >= 4 is 44.3 Å². The first kappa shape index (κ1) is 19.7. The van der Waals surface area contributed by atoms with Gasteiger partial charge < -0.3 is 10.3 Å². The number of carbonyl (C=O) groups excluding carboxylic acids is 1. The zero-order chi connectivity index (χ0) is 20.6. The van der Waals surface area contributed by atoms with E-state index >= 15 is 0 Å². The fourth-order valence-corrected chi connectivity index (χ4v) is 5.35. The van der Waals surface area contributed by atoms with Crippen molar-refractivity contribution in [1.82, 2.24) is 15.3 Å². The highest BCUT2D eigenvalue weighted by molar-refractivity contribution is 7.92. The van der Waals surface area contributed by atoms with Gasteiger partial charge in [0.15, 0.2) is 0 Å². The van der Waals surface area contributed by atoms with E-state index in [9.17, 15) is 13.2 Å². The van der Waals surface area contributed by atoms with Gasteiger partial charge in [-0.15, -0.1) is 0 Å². The maximum atomic E-state index is 12.8. The van der Waals surface area contributed by atoms with Crippen LogP contribution in [-0.2, 0) is 10.0 Å². The summed E-state index contributed by atoms with van der Waals surface area (Å²) >= 11 is 6.26. The van der Waals surface area contributed by atoms with Gasteiger partial charge in [0, 0.05) is 12.1 Å². The average molecular weight is 433 g/mol. The number of hydrogen-bond acceptors (Lipinski definition) is 4. The van der Waals surface area contributed by atoms with Gasteiger partial charge in [-0.05, 0) is 50.1 Å². The molecule has 1 fully saturated rings. The molecule has 0 bridgehead atoms. The molecular weight excluding hydrogens is 412 g/mol. The fraction of sp³-hybridized carbons (Fsp3) is 0.300. The van der Waals surface area contributed by atoms with Crippen molar-refractivity contribution in [2.75, 3.05) is 16.6 Å². The Morgan fingerprint density at radius 1 is 1.24 bits per heavy atom. The second-order valence-corrected chi connectivity index (χ2v) is 9.52. The molecule has 1 saturated heterocycles. The van der Waals surface area contributed by atoms with Gasteiger partial charge in [0.05, 0.1) is 33.5 Å². The van der Waals surface area contributed by atoms with Crippen molar-refractivity contribution in [2.45, 2.75) is 25.8 Å². The average Bonchev–Trinajstić information content (AvgIpc) is 3.13. The summed E-state index contributed by atoms with van der Waals surface area (Å²) in [6.07, 6.45) is 1.39. The summed E-state index contributed by atoms with van der Waals surface area (Å²) in [4.78, 5) is 20.5. The smallest absolute Gasteiger partial charge is 0.251 e. The van der Waals surface area contributed by atoms with E-state index in [-0.39, 0.29) is 17.7 Å². The van der Waals surface area contributed by atoms with Crippen LogP contribution in [0, 0.1) is 0 Å². The number of anilines is 1. The van der Waals surface area contributed by atoms with E-state index in [1.54, 1.807) is 12.1 Å². The molecule has 29 heavy (non-hydrogen) atoms. The van der Waals surface area contributed by atoms with E-state index in [0.29, 0.717) is 35.1 Å². The number of amides is 1. The van der Waals surface area contributed by atoms with E-state index in [2.05, 4.69) is 15.3 Å². The Bertz CT molecular complexity index is 1140. The molecule has 1 aromatic heterocycles. The predicted octanol–water partition coefficient (Wildman–Crippen LogP) is 3.64. The molecule has 9 heteroatoms. The minimum atomic E-state index is -3.42. The summed E-state index contributed by atoms with van der Waals surface area (Å²) in [5.74, 6) is 0.403. The zero-order valence-corrected chi connectivity index (χ0v) is 17.4. The SMILES string of the molecule is CC(NC(=O)c1ccc(Cl)c(N2CCCCS2(=O)=O)c1)c1nc2ccccc2[nH]1. The lowest BCUT2D eigenvalue weighted by atomic mass is 10.1. The molecule has 1 aliphatic heterocycles. The fourth-order valence-electron chi connectivity index (χ4n) is 3.43. The molecule has 2 aromatic carbocycles. The van der Waals surface area contributed by atoms with E-state index in [4.69, 9.17) is 11.6 Å². The Kier molecular flexibility index (Phi) is 5.23. The molecule has 2 heterocycles. The topological polar surface area (TPSA) is 95.2 Å². The molecular formula is C20H21ClN4O3S. The number of para-hydroxylation sites is 2. The number of rotatable bonds is 4. The molecule has 3 aromatic rings. The summed E-state index contributed by atoms with van der Waals surface area (Å²) in [6, 6.07) is 12.0. The summed E-state index contributed by atoms with van der Waals surface area (Å²) in [5.41, 5.74) is 2.41. The van der Waals surface area contributed by atoms with Gasteiger partial charge in [-0.2, -0.15) is 0 Å². The number of H-pyrrole nitrogens is 1. The van der Waals surface area contributed by atoms with Gasteiger partial charge in [-0.1, -0.05) is 23.7 Å². The third-order valence-electron chi connectivity index (χ3n) is 4.99. The lowest BCUT2D eigenvalue weighted by Crippen LogP contribution is -2.38. The number of nitrogens with one attached hydrogen (secondary N) is 2. The number of fused-ring (bicyclic) bond motifs is 1. The quantitative estimate of drug-likeness (QED) is 0.658. The molecule has 0 saturated carbocycles. The van der Waals surface area contributed by atoms with Crippen LogP contribution in [0.1, 0.15) is 42.0 Å². The molecule has 2 N–H and O–H groups in total. The Hall–Kier alpha value is -2.58. The number of imidazole rings is 1. The molecule has 152 valence electrons. The van der Waals surface area contributed by atoms with Gasteiger partial charge >= 0.3 is 0 Å². The number of sulfonamides is 1. The van der Waals surface area contributed by atoms with Crippen LogP contribution in [0.4, 0.5) is 5.69 Å². The number of hydrogen-bond donors (Lipinski definition) is 2. The molecule has 0 radical (unpaired) electrons. The van der Waals surface area contributed by atoms with E-state index in [1.807, 2.05) is 31.2 Å². The summed E-state index contributed by atoms with van der Waals surface area (Å²) in [6.45, 7) is 2.20. The summed E-state index contributed by atoms with van der Waals surface area (Å²) in [7, 11) is -3.42. The van der Waals surface area contributed by atoms with Crippen LogP contribution in [0.5, 0.6) is 0 Å². The molecule has 0 spiro atoms. The number of aromatic amines is 1. The van der Waals surface area contributed by atoms with Crippen molar-refractivity contribution in [2.24, 2.45) is 0 Å². The molecule has 1 amide bonds. The van der Waals surface area contributed by atoms with Crippen LogP contribution in [0.2, 0.25) is 5.02 Å². The van der Waals surface area contributed by atoms with Gasteiger partial charge in [-0.3, -0.25) is 9.10 Å².